The molecule has 2 aromatic carbocycles. The van der Waals surface area contributed by atoms with Gasteiger partial charge >= 0.3 is 16.1 Å². The highest BCUT2D eigenvalue weighted by molar-refractivity contribution is 7.87. The quantitative estimate of drug-likeness (QED) is 0.231. The van der Waals surface area contributed by atoms with Crippen molar-refractivity contribution in [3.05, 3.63) is 64.2 Å². The molecule has 0 fully saturated rings. The van der Waals surface area contributed by atoms with Crippen LogP contribution in [0, 0.1) is 10.1 Å². The zero-order valence-corrected chi connectivity index (χ0v) is 19.7. The standard InChI is InChI=1S/C22H26N2O8S/c1-14(2)23(15(3)4)21(25)16(5)31-22(26)17-9-11-19(12-10-17)32-33(29,30)20-8-6-7-18(13-20)24(27)28/h6-16H,1-5H3. The number of nitro groups is 1. The van der Waals surface area contributed by atoms with Crippen molar-refractivity contribution in [2.45, 2.75) is 57.7 Å². The summed E-state index contributed by atoms with van der Waals surface area (Å²) in [5.41, 5.74) is -0.301. The van der Waals surface area contributed by atoms with E-state index >= 15 is 0 Å². The minimum absolute atomic E-state index is 0.0666. The van der Waals surface area contributed by atoms with Gasteiger partial charge in [0.2, 0.25) is 0 Å². The number of nitro benzene ring substituents is 1. The van der Waals surface area contributed by atoms with Crippen LogP contribution in [0.25, 0.3) is 0 Å². The number of hydrogen-bond donors (Lipinski definition) is 0. The molecule has 1 amide bonds. The molecule has 2 rings (SSSR count). The Labute approximate surface area is 192 Å². The number of nitrogens with zero attached hydrogens (tertiary/aromatic N) is 2. The van der Waals surface area contributed by atoms with Crippen LogP contribution in [-0.2, 0) is 19.6 Å². The maximum atomic E-state index is 12.6. The number of benzene rings is 2. The summed E-state index contributed by atoms with van der Waals surface area (Å²) in [4.78, 5) is 36.4. The average Bonchev–Trinajstić information content (AvgIpc) is 2.73. The average molecular weight is 479 g/mol. The summed E-state index contributed by atoms with van der Waals surface area (Å²) >= 11 is 0. The first kappa shape index (κ1) is 25.8. The van der Waals surface area contributed by atoms with E-state index in [1.807, 2.05) is 27.7 Å². The molecule has 10 nitrogen and oxygen atoms in total. The molecule has 0 radical (unpaired) electrons. The van der Waals surface area contributed by atoms with E-state index in [-0.39, 0.29) is 34.2 Å². The van der Waals surface area contributed by atoms with Gasteiger partial charge in [0.15, 0.2) is 6.10 Å². The first-order chi connectivity index (χ1) is 15.3. The third kappa shape index (κ3) is 6.51. The summed E-state index contributed by atoms with van der Waals surface area (Å²) in [5, 5.41) is 10.9. The first-order valence-electron chi connectivity index (χ1n) is 10.2. The van der Waals surface area contributed by atoms with Crippen LogP contribution >= 0.6 is 0 Å². The Morgan fingerprint density at radius 2 is 1.55 bits per heavy atom. The molecule has 0 saturated carbocycles. The van der Waals surface area contributed by atoms with Gasteiger partial charge in [-0.2, -0.15) is 8.42 Å². The minimum Gasteiger partial charge on any atom is -0.449 e. The Balaban J connectivity index is 2.10. The van der Waals surface area contributed by atoms with E-state index in [9.17, 15) is 28.1 Å². The van der Waals surface area contributed by atoms with E-state index in [4.69, 9.17) is 8.92 Å². The Morgan fingerprint density at radius 1 is 0.970 bits per heavy atom. The number of carbonyl (C=O) groups is 2. The Kier molecular flexibility index (Phi) is 8.15. The second kappa shape index (κ2) is 10.4. The van der Waals surface area contributed by atoms with E-state index in [1.54, 1.807) is 4.90 Å². The minimum atomic E-state index is -4.33. The van der Waals surface area contributed by atoms with E-state index in [0.717, 1.165) is 12.1 Å². The van der Waals surface area contributed by atoms with Gasteiger partial charge in [0.1, 0.15) is 10.6 Å². The summed E-state index contributed by atoms with van der Waals surface area (Å²) in [5.74, 6) is -1.18. The van der Waals surface area contributed by atoms with Crippen molar-refractivity contribution in [3.63, 3.8) is 0 Å². The molecule has 1 unspecified atom stereocenters. The second-order valence-electron chi connectivity index (χ2n) is 7.80. The number of hydrogen-bond acceptors (Lipinski definition) is 8. The Bertz CT molecular complexity index is 1120. The molecule has 178 valence electrons. The number of carbonyl (C=O) groups excluding carboxylic acids is 2. The fourth-order valence-corrected chi connectivity index (χ4v) is 4.14. The maximum Gasteiger partial charge on any atom is 0.339 e. The zero-order chi connectivity index (χ0) is 24.9. The molecular formula is C22H26N2O8S. The van der Waals surface area contributed by atoms with Crippen LogP contribution < -0.4 is 4.18 Å². The van der Waals surface area contributed by atoms with Crippen molar-refractivity contribution in [2.75, 3.05) is 0 Å². The smallest absolute Gasteiger partial charge is 0.339 e. The number of amides is 1. The van der Waals surface area contributed by atoms with Gasteiger partial charge in [-0.3, -0.25) is 14.9 Å². The maximum absolute atomic E-state index is 12.6. The summed E-state index contributed by atoms with van der Waals surface area (Å²) in [6, 6.07) is 9.38. The van der Waals surface area contributed by atoms with Gasteiger partial charge in [-0.25, -0.2) is 4.79 Å². The molecule has 0 spiro atoms. The number of ether oxygens (including phenoxy) is 1. The fraction of sp³-hybridized carbons (Fsp3) is 0.364. The van der Waals surface area contributed by atoms with Crippen LogP contribution in [0.4, 0.5) is 5.69 Å². The van der Waals surface area contributed by atoms with Crippen molar-refractivity contribution >= 4 is 27.7 Å². The normalized spacial score (nSPS) is 12.3. The summed E-state index contributed by atoms with van der Waals surface area (Å²) in [7, 11) is -4.33. The number of rotatable bonds is 9. The van der Waals surface area contributed by atoms with Gasteiger partial charge in [-0.05, 0) is 65.0 Å². The van der Waals surface area contributed by atoms with Crippen LogP contribution in [0.3, 0.4) is 0 Å². The van der Waals surface area contributed by atoms with E-state index in [2.05, 4.69) is 0 Å². The largest absolute Gasteiger partial charge is 0.449 e. The molecule has 0 N–H and O–H groups in total. The van der Waals surface area contributed by atoms with Crippen LogP contribution in [-0.4, -0.2) is 48.3 Å². The molecule has 1 atom stereocenters. The van der Waals surface area contributed by atoms with Gasteiger partial charge in [-0.15, -0.1) is 0 Å². The van der Waals surface area contributed by atoms with Crippen LogP contribution in [0.2, 0.25) is 0 Å². The van der Waals surface area contributed by atoms with Gasteiger partial charge in [0.25, 0.3) is 11.6 Å². The van der Waals surface area contributed by atoms with Crippen molar-refractivity contribution in [1.29, 1.82) is 0 Å². The van der Waals surface area contributed by atoms with Gasteiger partial charge in [0.05, 0.1) is 10.5 Å². The molecule has 0 aromatic heterocycles. The predicted molar refractivity (Wildman–Crippen MR) is 119 cm³/mol. The van der Waals surface area contributed by atoms with Gasteiger partial charge in [0, 0.05) is 24.2 Å². The van der Waals surface area contributed by atoms with E-state index in [1.165, 1.54) is 43.3 Å². The van der Waals surface area contributed by atoms with Gasteiger partial charge < -0.3 is 13.8 Å². The molecular weight excluding hydrogens is 452 g/mol. The first-order valence-corrected chi connectivity index (χ1v) is 11.6. The molecule has 0 aliphatic heterocycles. The van der Waals surface area contributed by atoms with Crippen LogP contribution in [0.1, 0.15) is 45.0 Å². The molecule has 2 aromatic rings. The summed E-state index contributed by atoms with van der Waals surface area (Å²) < 4.78 is 35.1. The number of non-ortho nitro benzene ring substituents is 1. The Hall–Kier alpha value is -3.47. The van der Waals surface area contributed by atoms with Crippen molar-refractivity contribution in [3.8, 4) is 5.75 Å². The lowest BCUT2D eigenvalue weighted by Crippen LogP contribution is -2.47. The predicted octanol–water partition coefficient (Wildman–Crippen LogP) is 3.55. The van der Waals surface area contributed by atoms with Crippen molar-refractivity contribution in [1.82, 2.24) is 4.90 Å². The SMILES string of the molecule is CC(OC(=O)c1ccc(OS(=O)(=O)c2cccc([N+](=O)[O-])c2)cc1)C(=O)N(C(C)C)C(C)C. The molecule has 0 heterocycles. The monoisotopic (exact) mass is 478 g/mol. The fourth-order valence-electron chi connectivity index (χ4n) is 3.17. The number of esters is 1. The molecule has 33 heavy (non-hydrogen) atoms. The summed E-state index contributed by atoms with van der Waals surface area (Å²) in [6.45, 7) is 8.96. The lowest BCUT2D eigenvalue weighted by Gasteiger charge is -2.32. The zero-order valence-electron chi connectivity index (χ0n) is 18.9. The highest BCUT2D eigenvalue weighted by Gasteiger charge is 2.28. The Morgan fingerprint density at radius 3 is 2.06 bits per heavy atom. The van der Waals surface area contributed by atoms with E-state index < -0.39 is 32.8 Å². The molecule has 0 aliphatic rings. The second-order valence-corrected chi connectivity index (χ2v) is 9.34. The van der Waals surface area contributed by atoms with Gasteiger partial charge in [-0.1, -0.05) is 6.07 Å². The van der Waals surface area contributed by atoms with Crippen LogP contribution in [0.15, 0.2) is 53.4 Å². The van der Waals surface area contributed by atoms with E-state index in [0.29, 0.717) is 0 Å². The molecule has 0 bridgehead atoms. The lowest BCUT2D eigenvalue weighted by atomic mass is 10.2. The molecule has 0 aliphatic carbocycles. The molecule has 0 saturated heterocycles. The highest BCUT2D eigenvalue weighted by Crippen LogP contribution is 2.23. The van der Waals surface area contributed by atoms with Crippen molar-refractivity contribution < 1.29 is 31.9 Å². The third-order valence-electron chi connectivity index (χ3n) is 4.61. The molecule has 11 heteroatoms. The third-order valence-corrected chi connectivity index (χ3v) is 5.85. The van der Waals surface area contributed by atoms with Crippen molar-refractivity contribution in [2.24, 2.45) is 0 Å². The topological polar surface area (TPSA) is 133 Å². The van der Waals surface area contributed by atoms with Crippen LogP contribution in [0.5, 0.6) is 5.75 Å². The lowest BCUT2D eigenvalue weighted by molar-refractivity contribution is -0.385. The summed E-state index contributed by atoms with van der Waals surface area (Å²) in [6.07, 6.45) is -1.01. The highest BCUT2D eigenvalue weighted by atomic mass is 32.2.